The summed E-state index contributed by atoms with van der Waals surface area (Å²) in [6, 6.07) is 7.12. The lowest BCUT2D eigenvalue weighted by molar-refractivity contribution is 0.102. The van der Waals surface area contributed by atoms with Crippen molar-refractivity contribution in [2.75, 3.05) is 5.32 Å². The van der Waals surface area contributed by atoms with Gasteiger partial charge in [-0.1, -0.05) is 17.7 Å². The van der Waals surface area contributed by atoms with Gasteiger partial charge in [0, 0.05) is 10.7 Å². The fourth-order valence-electron chi connectivity index (χ4n) is 1.77. The second-order valence-electron chi connectivity index (χ2n) is 4.24. The summed E-state index contributed by atoms with van der Waals surface area (Å²) in [5.74, 6) is 1.15. The summed E-state index contributed by atoms with van der Waals surface area (Å²) < 4.78 is 5.34. The lowest BCUT2D eigenvalue weighted by atomic mass is 10.2. The molecule has 0 radical (unpaired) electrons. The smallest absolute Gasteiger partial charge is 0.259 e. The van der Waals surface area contributed by atoms with E-state index < -0.39 is 0 Å². The average Bonchev–Trinajstić information content (AvgIpc) is 2.63. The monoisotopic (exact) mass is 263 g/mol. The van der Waals surface area contributed by atoms with Gasteiger partial charge in [-0.25, -0.2) is 0 Å². The van der Waals surface area contributed by atoms with Crippen molar-refractivity contribution in [2.45, 2.75) is 20.8 Å². The van der Waals surface area contributed by atoms with Gasteiger partial charge >= 0.3 is 0 Å². The molecule has 2 aromatic rings. The molecule has 1 amide bonds. The van der Waals surface area contributed by atoms with Crippen LogP contribution in [0.25, 0.3) is 0 Å². The van der Waals surface area contributed by atoms with Gasteiger partial charge in [-0.15, -0.1) is 0 Å². The second-order valence-corrected chi connectivity index (χ2v) is 4.68. The number of nitrogens with one attached hydrogen (secondary N) is 1. The minimum absolute atomic E-state index is 0.185. The molecule has 0 saturated carbocycles. The molecule has 0 fully saturated rings. The molecule has 0 unspecified atom stereocenters. The van der Waals surface area contributed by atoms with Gasteiger partial charge in [-0.05, 0) is 44.5 Å². The van der Waals surface area contributed by atoms with Gasteiger partial charge in [0.1, 0.15) is 11.5 Å². The summed E-state index contributed by atoms with van der Waals surface area (Å²) in [7, 11) is 0. The number of rotatable bonds is 2. The summed E-state index contributed by atoms with van der Waals surface area (Å²) in [6.45, 7) is 5.50. The largest absolute Gasteiger partial charge is 0.466 e. The van der Waals surface area contributed by atoms with Gasteiger partial charge in [-0.2, -0.15) is 0 Å². The SMILES string of the molecule is Cc1cc(C(=O)Nc2cc(Cl)ccc2C)c(C)o1. The Kier molecular flexibility index (Phi) is 3.43. The highest BCUT2D eigenvalue weighted by atomic mass is 35.5. The van der Waals surface area contributed by atoms with E-state index in [2.05, 4.69) is 5.32 Å². The number of halogens is 1. The Bertz CT molecular complexity index is 602. The Balaban J connectivity index is 2.26. The Morgan fingerprint density at radius 2 is 1.94 bits per heavy atom. The maximum atomic E-state index is 12.1. The molecule has 2 rings (SSSR count). The number of benzene rings is 1. The predicted molar refractivity (Wildman–Crippen MR) is 72.3 cm³/mol. The van der Waals surface area contributed by atoms with Crippen LogP contribution in [0.2, 0.25) is 5.02 Å². The zero-order valence-electron chi connectivity index (χ0n) is 10.5. The quantitative estimate of drug-likeness (QED) is 0.886. The number of carbonyl (C=O) groups is 1. The van der Waals surface area contributed by atoms with Crippen molar-refractivity contribution in [3.05, 3.63) is 51.9 Å². The van der Waals surface area contributed by atoms with E-state index in [0.717, 1.165) is 11.3 Å². The van der Waals surface area contributed by atoms with Crippen LogP contribution in [0.1, 0.15) is 27.4 Å². The third kappa shape index (κ3) is 2.57. The molecule has 18 heavy (non-hydrogen) atoms. The van der Waals surface area contributed by atoms with E-state index in [1.165, 1.54) is 0 Å². The van der Waals surface area contributed by atoms with Crippen molar-refractivity contribution in [2.24, 2.45) is 0 Å². The van der Waals surface area contributed by atoms with Crippen molar-refractivity contribution in [1.82, 2.24) is 0 Å². The van der Waals surface area contributed by atoms with E-state index in [-0.39, 0.29) is 5.91 Å². The third-order valence-corrected chi connectivity index (χ3v) is 2.97. The number of furan rings is 1. The van der Waals surface area contributed by atoms with Crippen LogP contribution >= 0.6 is 11.6 Å². The molecule has 1 N–H and O–H groups in total. The Hall–Kier alpha value is -1.74. The Labute approximate surface area is 111 Å². The van der Waals surface area contributed by atoms with Crippen LogP contribution in [0, 0.1) is 20.8 Å². The van der Waals surface area contributed by atoms with Gasteiger partial charge < -0.3 is 9.73 Å². The average molecular weight is 264 g/mol. The Morgan fingerprint density at radius 3 is 2.56 bits per heavy atom. The van der Waals surface area contributed by atoms with Gasteiger partial charge in [0.15, 0.2) is 0 Å². The van der Waals surface area contributed by atoms with Crippen LogP contribution in [0.3, 0.4) is 0 Å². The van der Waals surface area contributed by atoms with E-state index in [1.807, 2.05) is 19.9 Å². The molecule has 1 heterocycles. The summed E-state index contributed by atoms with van der Waals surface area (Å²) in [4.78, 5) is 12.1. The van der Waals surface area contributed by atoms with Crippen molar-refractivity contribution in [3.8, 4) is 0 Å². The first-order valence-corrected chi connectivity index (χ1v) is 5.99. The van der Waals surface area contributed by atoms with E-state index in [1.54, 1.807) is 25.1 Å². The van der Waals surface area contributed by atoms with Crippen molar-refractivity contribution in [1.29, 1.82) is 0 Å². The van der Waals surface area contributed by atoms with Gasteiger partial charge in [0.2, 0.25) is 0 Å². The summed E-state index contributed by atoms with van der Waals surface area (Å²) in [5, 5.41) is 3.43. The molecule has 0 bridgehead atoms. The highest BCUT2D eigenvalue weighted by Gasteiger charge is 2.14. The van der Waals surface area contributed by atoms with E-state index in [0.29, 0.717) is 22.0 Å². The second kappa shape index (κ2) is 4.86. The minimum Gasteiger partial charge on any atom is -0.466 e. The third-order valence-electron chi connectivity index (χ3n) is 2.73. The topological polar surface area (TPSA) is 42.2 Å². The first-order chi connectivity index (χ1) is 8.47. The van der Waals surface area contributed by atoms with Gasteiger partial charge in [0.05, 0.1) is 5.56 Å². The van der Waals surface area contributed by atoms with E-state index in [9.17, 15) is 4.79 Å². The van der Waals surface area contributed by atoms with Crippen molar-refractivity contribution < 1.29 is 9.21 Å². The molecule has 0 aliphatic rings. The number of aryl methyl sites for hydroxylation is 3. The summed E-state index contributed by atoms with van der Waals surface area (Å²) in [6.07, 6.45) is 0. The van der Waals surface area contributed by atoms with Crippen LogP contribution in [0.5, 0.6) is 0 Å². The fraction of sp³-hybridized carbons (Fsp3) is 0.214. The van der Waals surface area contributed by atoms with Crippen molar-refractivity contribution >= 4 is 23.2 Å². The maximum absolute atomic E-state index is 12.1. The number of hydrogen-bond donors (Lipinski definition) is 1. The van der Waals surface area contributed by atoms with Crippen LogP contribution in [-0.4, -0.2) is 5.91 Å². The zero-order chi connectivity index (χ0) is 13.3. The number of hydrogen-bond acceptors (Lipinski definition) is 2. The van der Waals surface area contributed by atoms with Crippen LogP contribution in [0.4, 0.5) is 5.69 Å². The number of anilines is 1. The molecule has 0 spiro atoms. The molecule has 0 aliphatic heterocycles. The highest BCUT2D eigenvalue weighted by Crippen LogP contribution is 2.22. The normalized spacial score (nSPS) is 10.4. The lowest BCUT2D eigenvalue weighted by Gasteiger charge is -2.08. The standard InChI is InChI=1S/C14H14ClNO2/c1-8-4-5-11(15)7-13(8)16-14(17)12-6-9(2)18-10(12)3/h4-7H,1-3H3,(H,16,17). The van der Waals surface area contributed by atoms with Gasteiger partial charge in [0.25, 0.3) is 5.91 Å². The molecule has 0 aliphatic carbocycles. The summed E-state index contributed by atoms with van der Waals surface area (Å²) in [5.41, 5.74) is 2.23. The molecular formula is C14H14ClNO2. The van der Waals surface area contributed by atoms with Gasteiger partial charge in [-0.3, -0.25) is 4.79 Å². The predicted octanol–water partition coefficient (Wildman–Crippen LogP) is 4.11. The summed E-state index contributed by atoms with van der Waals surface area (Å²) >= 11 is 5.91. The molecule has 0 atom stereocenters. The molecule has 1 aromatic carbocycles. The number of carbonyl (C=O) groups excluding carboxylic acids is 1. The first kappa shape index (κ1) is 12.7. The molecule has 4 heteroatoms. The lowest BCUT2D eigenvalue weighted by Crippen LogP contribution is -2.13. The molecule has 94 valence electrons. The fourth-order valence-corrected chi connectivity index (χ4v) is 1.95. The van der Waals surface area contributed by atoms with Crippen molar-refractivity contribution in [3.63, 3.8) is 0 Å². The zero-order valence-corrected chi connectivity index (χ0v) is 11.3. The van der Waals surface area contributed by atoms with Crippen LogP contribution in [0.15, 0.2) is 28.7 Å². The van der Waals surface area contributed by atoms with E-state index >= 15 is 0 Å². The van der Waals surface area contributed by atoms with Crippen LogP contribution in [-0.2, 0) is 0 Å². The molecular weight excluding hydrogens is 250 g/mol. The minimum atomic E-state index is -0.185. The van der Waals surface area contributed by atoms with E-state index in [4.69, 9.17) is 16.0 Å². The van der Waals surface area contributed by atoms with Crippen LogP contribution < -0.4 is 5.32 Å². The molecule has 3 nitrogen and oxygen atoms in total. The maximum Gasteiger partial charge on any atom is 0.259 e. The molecule has 0 saturated heterocycles. The number of amides is 1. The first-order valence-electron chi connectivity index (χ1n) is 5.62. The molecule has 1 aromatic heterocycles. The highest BCUT2D eigenvalue weighted by molar-refractivity contribution is 6.31. The Morgan fingerprint density at radius 1 is 1.22 bits per heavy atom.